The molecule has 3 N–H and O–H groups in total. The van der Waals surface area contributed by atoms with E-state index in [4.69, 9.17) is 28.9 Å². The van der Waals surface area contributed by atoms with Gasteiger partial charge in [-0.2, -0.15) is 4.98 Å². The van der Waals surface area contributed by atoms with Crippen molar-refractivity contribution in [1.82, 2.24) is 14.5 Å². The highest BCUT2D eigenvalue weighted by molar-refractivity contribution is 6.39. The third-order valence-corrected chi connectivity index (χ3v) is 5.26. The highest BCUT2D eigenvalue weighted by Crippen LogP contribution is 2.33. The van der Waals surface area contributed by atoms with Crippen molar-refractivity contribution < 1.29 is 0 Å². The molecule has 2 aromatic heterocycles. The minimum Gasteiger partial charge on any atom is -0.326 e. The summed E-state index contributed by atoms with van der Waals surface area (Å²) in [7, 11) is 1.66. The van der Waals surface area contributed by atoms with E-state index in [-0.39, 0.29) is 5.56 Å². The molecule has 0 saturated heterocycles. The minimum atomic E-state index is -0.246. The summed E-state index contributed by atoms with van der Waals surface area (Å²) in [5.41, 5.74) is 8.63. The fraction of sp³-hybridized carbons (Fsp3) is 0.0952. The minimum absolute atomic E-state index is 0.246. The number of hydrogen-bond acceptors (Lipinski definition) is 5. The maximum atomic E-state index is 13.0. The Kier molecular flexibility index (Phi) is 5.24. The number of nitrogens with two attached hydrogens (primary N) is 1. The number of pyridine rings is 1. The van der Waals surface area contributed by atoms with Crippen LogP contribution in [0.25, 0.3) is 22.2 Å². The summed E-state index contributed by atoms with van der Waals surface area (Å²) in [6.45, 7) is 0.479. The van der Waals surface area contributed by atoms with Crippen molar-refractivity contribution in [2.75, 3.05) is 5.32 Å². The van der Waals surface area contributed by atoms with E-state index in [1.165, 1.54) is 4.57 Å². The Balaban J connectivity index is 1.78. The number of hydrogen-bond donors (Lipinski definition) is 2. The molecule has 8 heteroatoms. The van der Waals surface area contributed by atoms with Crippen LogP contribution in [0, 0.1) is 0 Å². The Bertz CT molecular complexity index is 1250. The van der Waals surface area contributed by atoms with Gasteiger partial charge in [0.25, 0.3) is 5.56 Å². The molecule has 0 atom stereocenters. The molecule has 0 unspecified atom stereocenters. The van der Waals surface area contributed by atoms with Crippen LogP contribution in [-0.4, -0.2) is 14.5 Å². The largest absolute Gasteiger partial charge is 0.326 e. The van der Waals surface area contributed by atoms with Crippen molar-refractivity contribution in [2.24, 2.45) is 12.8 Å². The summed E-state index contributed by atoms with van der Waals surface area (Å²) in [5.74, 6) is 0.386. The Morgan fingerprint density at radius 1 is 1.10 bits per heavy atom. The summed E-state index contributed by atoms with van der Waals surface area (Å²) in [5, 5.41) is 4.66. The van der Waals surface area contributed by atoms with Crippen LogP contribution >= 0.6 is 23.2 Å². The molecule has 0 spiro atoms. The lowest BCUT2D eigenvalue weighted by atomic mass is 10.1. The molecule has 29 heavy (non-hydrogen) atoms. The molecule has 2 aromatic carbocycles. The molecule has 146 valence electrons. The number of benzene rings is 2. The second-order valence-electron chi connectivity index (χ2n) is 6.52. The van der Waals surface area contributed by atoms with Crippen LogP contribution in [0.15, 0.2) is 59.5 Å². The maximum absolute atomic E-state index is 13.0. The molecule has 0 aliphatic rings. The molecule has 0 radical (unpaired) electrons. The Labute approximate surface area is 176 Å². The maximum Gasteiger partial charge on any atom is 0.259 e. The van der Waals surface area contributed by atoms with Gasteiger partial charge in [-0.1, -0.05) is 41.4 Å². The van der Waals surface area contributed by atoms with Crippen molar-refractivity contribution >= 4 is 45.9 Å². The zero-order valence-electron chi connectivity index (χ0n) is 15.5. The monoisotopic (exact) mass is 425 g/mol. The first kappa shape index (κ1) is 19.4. The molecule has 0 saturated carbocycles. The number of halogens is 2. The van der Waals surface area contributed by atoms with Gasteiger partial charge in [-0.05, 0) is 35.9 Å². The van der Waals surface area contributed by atoms with Crippen molar-refractivity contribution in [3.63, 3.8) is 0 Å². The number of aromatic nitrogens is 3. The Morgan fingerprint density at radius 2 is 1.79 bits per heavy atom. The summed E-state index contributed by atoms with van der Waals surface area (Å²) in [4.78, 5) is 21.9. The average Bonchev–Trinajstić information content (AvgIpc) is 2.72. The zero-order chi connectivity index (χ0) is 20.5. The van der Waals surface area contributed by atoms with Crippen molar-refractivity contribution in [1.29, 1.82) is 0 Å². The van der Waals surface area contributed by atoms with Gasteiger partial charge in [0.15, 0.2) is 0 Å². The number of nitrogens with one attached hydrogen (secondary N) is 1. The molecule has 0 amide bonds. The van der Waals surface area contributed by atoms with Crippen molar-refractivity contribution in [2.45, 2.75) is 6.54 Å². The molecule has 0 fully saturated rings. The van der Waals surface area contributed by atoms with E-state index in [1.807, 2.05) is 24.3 Å². The quantitative estimate of drug-likeness (QED) is 0.502. The number of fused-ring (bicyclic) bond motifs is 1. The molecule has 4 rings (SSSR count). The predicted octanol–water partition coefficient (Wildman–Crippen LogP) is 4.50. The van der Waals surface area contributed by atoms with E-state index in [0.29, 0.717) is 44.7 Å². The van der Waals surface area contributed by atoms with Gasteiger partial charge in [0.1, 0.15) is 5.65 Å². The number of anilines is 2. The van der Waals surface area contributed by atoms with E-state index in [2.05, 4.69) is 15.3 Å². The van der Waals surface area contributed by atoms with Gasteiger partial charge in [-0.25, -0.2) is 4.98 Å². The SMILES string of the molecule is Cn1c(=O)c(-c2c(Cl)cccc2Cl)cc2cnc(Nc3ccc(CN)cc3)nc21. The molecular weight excluding hydrogens is 409 g/mol. The first-order valence-electron chi connectivity index (χ1n) is 8.85. The van der Waals surface area contributed by atoms with Crippen LogP contribution in [0.2, 0.25) is 10.0 Å². The summed E-state index contributed by atoms with van der Waals surface area (Å²) in [6.07, 6.45) is 1.66. The topological polar surface area (TPSA) is 85.8 Å². The van der Waals surface area contributed by atoms with E-state index in [0.717, 1.165) is 11.3 Å². The third kappa shape index (κ3) is 3.70. The number of nitrogens with zero attached hydrogens (tertiary/aromatic N) is 3. The number of rotatable bonds is 4. The lowest BCUT2D eigenvalue weighted by molar-refractivity contribution is 0.887. The molecule has 2 heterocycles. The van der Waals surface area contributed by atoms with Gasteiger partial charge in [-0.15, -0.1) is 0 Å². The number of aryl methyl sites for hydroxylation is 1. The fourth-order valence-electron chi connectivity index (χ4n) is 3.09. The zero-order valence-corrected chi connectivity index (χ0v) is 17.0. The molecule has 4 aromatic rings. The van der Waals surface area contributed by atoms with Crippen LogP contribution in [0.5, 0.6) is 0 Å². The second-order valence-corrected chi connectivity index (χ2v) is 7.33. The van der Waals surface area contributed by atoms with Crippen molar-refractivity contribution in [3.8, 4) is 11.1 Å². The molecule has 0 bridgehead atoms. The van der Waals surface area contributed by atoms with E-state index < -0.39 is 0 Å². The van der Waals surface area contributed by atoms with Gasteiger partial charge in [0.05, 0.1) is 15.6 Å². The Morgan fingerprint density at radius 3 is 2.45 bits per heavy atom. The van der Waals surface area contributed by atoms with Crippen molar-refractivity contribution in [3.05, 3.63) is 80.7 Å². The van der Waals surface area contributed by atoms with Gasteiger partial charge >= 0.3 is 0 Å². The summed E-state index contributed by atoms with van der Waals surface area (Å²) in [6, 6.07) is 14.5. The highest BCUT2D eigenvalue weighted by Gasteiger charge is 2.16. The van der Waals surface area contributed by atoms with Crippen LogP contribution in [0.3, 0.4) is 0 Å². The lowest BCUT2D eigenvalue weighted by Gasteiger charge is -2.12. The van der Waals surface area contributed by atoms with Crippen LogP contribution in [0.4, 0.5) is 11.6 Å². The average molecular weight is 426 g/mol. The smallest absolute Gasteiger partial charge is 0.259 e. The van der Waals surface area contributed by atoms with Crippen LogP contribution in [0.1, 0.15) is 5.56 Å². The van der Waals surface area contributed by atoms with Gasteiger partial charge in [0.2, 0.25) is 5.95 Å². The lowest BCUT2D eigenvalue weighted by Crippen LogP contribution is -2.20. The third-order valence-electron chi connectivity index (χ3n) is 4.63. The molecule has 6 nitrogen and oxygen atoms in total. The summed E-state index contributed by atoms with van der Waals surface area (Å²) < 4.78 is 1.47. The first-order chi connectivity index (χ1) is 14.0. The van der Waals surface area contributed by atoms with Crippen LogP contribution < -0.4 is 16.6 Å². The van der Waals surface area contributed by atoms with E-state index in [1.54, 1.807) is 37.5 Å². The van der Waals surface area contributed by atoms with Crippen LogP contribution in [-0.2, 0) is 13.6 Å². The normalized spacial score (nSPS) is 11.0. The van der Waals surface area contributed by atoms with Gasteiger partial charge < -0.3 is 11.1 Å². The molecular formula is C21H17Cl2N5O. The molecule has 0 aliphatic carbocycles. The predicted molar refractivity (Wildman–Crippen MR) is 118 cm³/mol. The summed E-state index contributed by atoms with van der Waals surface area (Å²) >= 11 is 12.6. The highest BCUT2D eigenvalue weighted by atomic mass is 35.5. The first-order valence-corrected chi connectivity index (χ1v) is 9.60. The van der Waals surface area contributed by atoms with Gasteiger partial charge in [0, 0.05) is 36.4 Å². The fourth-order valence-corrected chi connectivity index (χ4v) is 3.70. The van der Waals surface area contributed by atoms with E-state index >= 15 is 0 Å². The second kappa shape index (κ2) is 7.83. The van der Waals surface area contributed by atoms with Gasteiger partial charge in [-0.3, -0.25) is 9.36 Å². The molecule has 0 aliphatic heterocycles. The van der Waals surface area contributed by atoms with E-state index in [9.17, 15) is 4.79 Å². The standard InChI is InChI=1S/C21H17Cl2N5O/c1-28-19-13(9-15(20(28)29)18-16(22)3-2-4-17(18)23)11-25-21(27-19)26-14-7-5-12(10-24)6-8-14/h2-9,11H,10,24H2,1H3,(H,25,26,27). The Hall–Kier alpha value is -2.93.